The van der Waals surface area contributed by atoms with Gasteiger partial charge in [-0.2, -0.15) is 0 Å². The summed E-state index contributed by atoms with van der Waals surface area (Å²) in [6.07, 6.45) is 3.63. The first kappa shape index (κ1) is 9.79. The molecule has 0 amide bonds. The first-order valence-electron chi connectivity index (χ1n) is 5.00. The second-order valence-electron chi connectivity index (χ2n) is 3.68. The van der Waals surface area contributed by atoms with Gasteiger partial charge in [-0.3, -0.25) is 0 Å². The Labute approximate surface area is 87.5 Å². The maximum absolute atomic E-state index is 5.57. The molecule has 78 valence electrons. The second kappa shape index (κ2) is 4.65. The lowest BCUT2D eigenvalue weighted by atomic mass is 9.95. The third kappa shape index (κ3) is 2.19. The Hall–Kier alpha value is -0.750. The first-order valence-corrected chi connectivity index (χ1v) is 5.77. The standard InChI is InChI=1S/C8H15N5S/c9-4-3-7-2-1-5-13(6-7)8-10-11-12-14-8/h7H,1-6,9H2. The van der Waals surface area contributed by atoms with Crippen molar-refractivity contribution in [2.45, 2.75) is 19.3 Å². The molecule has 2 heterocycles. The quantitative estimate of drug-likeness (QED) is 0.792. The molecule has 0 spiro atoms. The summed E-state index contributed by atoms with van der Waals surface area (Å²) in [5, 5.41) is 8.56. The van der Waals surface area contributed by atoms with Crippen LogP contribution in [0.2, 0.25) is 0 Å². The second-order valence-corrected chi connectivity index (χ2v) is 4.39. The molecule has 0 aliphatic carbocycles. The van der Waals surface area contributed by atoms with E-state index in [1.165, 1.54) is 24.4 Å². The summed E-state index contributed by atoms with van der Waals surface area (Å²) >= 11 is 1.37. The summed E-state index contributed by atoms with van der Waals surface area (Å²) in [6.45, 7) is 2.93. The summed E-state index contributed by atoms with van der Waals surface area (Å²) in [4.78, 5) is 2.27. The van der Waals surface area contributed by atoms with Gasteiger partial charge in [0.15, 0.2) is 0 Å². The van der Waals surface area contributed by atoms with Crippen molar-refractivity contribution in [1.29, 1.82) is 0 Å². The van der Waals surface area contributed by atoms with Crippen LogP contribution in [0.4, 0.5) is 5.13 Å². The Morgan fingerprint density at radius 1 is 1.57 bits per heavy atom. The molecular formula is C8H15N5S. The van der Waals surface area contributed by atoms with Crippen LogP contribution in [0.15, 0.2) is 0 Å². The lowest BCUT2D eigenvalue weighted by molar-refractivity contribution is 0.395. The van der Waals surface area contributed by atoms with Gasteiger partial charge in [-0.05, 0) is 36.9 Å². The average molecular weight is 213 g/mol. The van der Waals surface area contributed by atoms with Gasteiger partial charge in [-0.1, -0.05) is 9.59 Å². The molecule has 14 heavy (non-hydrogen) atoms. The summed E-state index contributed by atoms with van der Waals surface area (Å²) < 4.78 is 3.78. The zero-order chi connectivity index (χ0) is 9.80. The minimum absolute atomic E-state index is 0.720. The molecule has 1 unspecified atom stereocenters. The molecule has 1 aromatic rings. The van der Waals surface area contributed by atoms with Crippen molar-refractivity contribution < 1.29 is 0 Å². The van der Waals surface area contributed by atoms with E-state index < -0.39 is 0 Å². The smallest absolute Gasteiger partial charge is 0.227 e. The van der Waals surface area contributed by atoms with E-state index in [9.17, 15) is 0 Å². The summed E-state index contributed by atoms with van der Waals surface area (Å²) in [5.74, 6) is 0.720. The minimum atomic E-state index is 0.720. The highest BCUT2D eigenvalue weighted by molar-refractivity contribution is 7.09. The third-order valence-corrected chi connectivity index (χ3v) is 3.31. The van der Waals surface area contributed by atoms with Gasteiger partial charge in [0.25, 0.3) is 0 Å². The number of anilines is 1. The van der Waals surface area contributed by atoms with Gasteiger partial charge < -0.3 is 10.6 Å². The van der Waals surface area contributed by atoms with Crippen molar-refractivity contribution in [3.8, 4) is 0 Å². The minimum Gasteiger partial charge on any atom is -0.345 e. The van der Waals surface area contributed by atoms with E-state index in [0.29, 0.717) is 0 Å². The van der Waals surface area contributed by atoms with Crippen molar-refractivity contribution in [3.63, 3.8) is 0 Å². The van der Waals surface area contributed by atoms with Crippen molar-refractivity contribution in [2.24, 2.45) is 11.7 Å². The molecule has 0 aromatic carbocycles. The number of hydrogen-bond acceptors (Lipinski definition) is 6. The highest BCUT2D eigenvalue weighted by atomic mass is 32.1. The number of nitrogens with zero attached hydrogens (tertiary/aromatic N) is 4. The predicted molar refractivity (Wildman–Crippen MR) is 56.3 cm³/mol. The Kier molecular flexibility index (Phi) is 3.26. The van der Waals surface area contributed by atoms with Crippen molar-refractivity contribution >= 4 is 16.7 Å². The van der Waals surface area contributed by atoms with Gasteiger partial charge in [0.05, 0.1) is 0 Å². The third-order valence-electron chi connectivity index (χ3n) is 2.65. The van der Waals surface area contributed by atoms with Crippen LogP contribution in [0.3, 0.4) is 0 Å². The van der Waals surface area contributed by atoms with Crippen LogP contribution in [0.25, 0.3) is 0 Å². The molecule has 1 aliphatic heterocycles. The topological polar surface area (TPSA) is 67.9 Å². The van der Waals surface area contributed by atoms with E-state index in [1.54, 1.807) is 0 Å². The molecule has 1 saturated heterocycles. The molecule has 0 saturated carbocycles. The van der Waals surface area contributed by atoms with Crippen molar-refractivity contribution in [1.82, 2.24) is 14.8 Å². The van der Waals surface area contributed by atoms with Gasteiger partial charge in [0.2, 0.25) is 5.13 Å². The van der Waals surface area contributed by atoms with Crippen LogP contribution in [-0.2, 0) is 0 Å². The highest BCUT2D eigenvalue weighted by Gasteiger charge is 2.21. The number of hydrogen-bond donors (Lipinski definition) is 1. The molecule has 2 rings (SSSR count). The summed E-state index contributed by atoms with van der Waals surface area (Å²) in [6, 6.07) is 0. The fourth-order valence-electron chi connectivity index (χ4n) is 1.96. The van der Waals surface area contributed by atoms with Crippen LogP contribution in [0, 0.1) is 5.92 Å². The van der Waals surface area contributed by atoms with Gasteiger partial charge in [0, 0.05) is 24.6 Å². The maximum atomic E-state index is 5.57. The van der Waals surface area contributed by atoms with Crippen LogP contribution in [-0.4, -0.2) is 34.4 Å². The Morgan fingerprint density at radius 2 is 2.50 bits per heavy atom. The highest BCUT2D eigenvalue weighted by Crippen LogP contribution is 2.24. The lowest BCUT2D eigenvalue weighted by Gasteiger charge is -2.31. The van der Waals surface area contributed by atoms with Crippen LogP contribution in [0.1, 0.15) is 19.3 Å². The molecule has 1 fully saturated rings. The molecule has 1 aliphatic rings. The van der Waals surface area contributed by atoms with Crippen LogP contribution in [0.5, 0.6) is 0 Å². The number of nitrogens with two attached hydrogens (primary N) is 1. The Morgan fingerprint density at radius 3 is 3.21 bits per heavy atom. The lowest BCUT2D eigenvalue weighted by Crippen LogP contribution is -2.36. The zero-order valence-corrected chi connectivity index (χ0v) is 8.91. The van der Waals surface area contributed by atoms with E-state index in [2.05, 4.69) is 19.7 Å². The fourth-order valence-corrected chi connectivity index (χ4v) is 2.46. The van der Waals surface area contributed by atoms with Gasteiger partial charge >= 0.3 is 0 Å². The number of aromatic nitrogens is 3. The van der Waals surface area contributed by atoms with Gasteiger partial charge in [-0.15, -0.1) is 0 Å². The normalized spacial score (nSPS) is 22.6. The molecule has 1 atom stereocenters. The average Bonchev–Trinajstić information content (AvgIpc) is 2.71. The van der Waals surface area contributed by atoms with E-state index in [0.717, 1.165) is 37.1 Å². The largest absolute Gasteiger partial charge is 0.345 e. The van der Waals surface area contributed by atoms with E-state index in [-0.39, 0.29) is 0 Å². The van der Waals surface area contributed by atoms with E-state index in [4.69, 9.17) is 5.73 Å². The summed E-state index contributed by atoms with van der Waals surface area (Å²) in [5.41, 5.74) is 5.57. The Bertz CT molecular complexity index is 261. The maximum Gasteiger partial charge on any atom is 0.227 e. The molecule has 0 radical (unpaired) electrons. The van der Waals surface area contributed by atoms with Gasteiger partial charge in [0.1, 0.15) is 0 Å². The van der Waals surface area contributed by atoms with E-state index in [1.807, 2.05) is 0 Å². The SMILES string of the molecule is NCCC1CCCN(c2nnns2)C1. The van der Waals surface area contributed by atoms with Gasteiger partial charge in [-0.25, -0.2) is 0 Å². The summed E-state index contributed by atoms with van der Waals surface area (Å²) in [7, 11) is 0. The van der Waals surface area contributed by atoms with Crippen molar-refractivity contribution in [2.75, 3.05) is 24.5 Å². The molecule has 0 bridgehead atoms. The molecule has 2 N–H and O–H groups in total. The number of piperidine rings is 1. The Balaban J connectivity index is 1.94. The van der Waals surface area contributed by atoms with Crippen LogP contribution < -0.4 is 10.6 Å². The number of rotatable bonds is 3. The first-order chi connectivity index (χ1) is 6.90. The monoisotopic (exact) mass is 213 g/mol. The van der Waals surface area contributed by atoms with Crippen molar-refractivity contribution in [3.05, 3.63) is 0 Å². The molecule has 5 nitrogen and oxygen atoms in total. The van der Waals surface area contributed by atoms with E-state index >= 15 is 0 Å². The molecule has 1 aromatic heterocycles. The molecule has 6 heteroatoms. The van der Waals surface area contributed by atoms with Crippen LogP contribution >= 0.6 is 11.5 Å². The fraction of sp³-hybridized carbons (Fsp3) is 0.875. The predicted octanol–water partition coefficient (Wildman–Crippen LogP) is 0.498. The molecular weight excluding hydrogens is 198 g/mol. The zero-order valence-electron chi connectivity index (χ0n) is 8.09.